The van der Waals surface area contributed by atoms with Crippen molar-refractivity contribution in [3.8, 4) is 22.5 Å². The summed E-state index contributed by atoms with van der Waals surface area (Å²) in [6.07, 6.45) is 10.5. The maximum Gasteiger partial charge on any atom is 0.179 e. The van der Waals surface area contributed by atoms with Crippen LogP contribution in [0.4, 0.5) is 5.69 Å². The van der Waals surface area contributed by atoms with Crippen LogP contribution in [0, 0.1) is 31.6 Å². The minimum Gasteiger partial charge on any atom is -0.381 e. The van der Waals surface area contributed by atoms with Gasteiger partial charge in [0.15, 0.2) is 32.7 Å². The quantitative estimate of drug-likeness (QED) is 0.119. The van der Waals surface area contributed by atoms with Gasteiger partial charge < -0.3 is 10.1 Å². The highest BCUT2D eigenvalue weighted by molar-refractivity contribution is 9.10. The van der Waals surface area contributed by atoms with Crippen LogP contribution in [0.1, 0.15) is 70.4 Å². The number of fused-ring (bicyclic) bond motifs is 2. The molecule has 12 nitrogen and oxygen atoms in total. The molecule has 1 aliphatic heterocycles. The fourth-order valence-electron chi connectivity index (χ4n) is 6.96. The molecular formula is C41H41Br2N7O5S. The van der Waals surface area contributed by atoms with Gasteiger partial charge in [-0.1, -0.05) is 24.3 Å². The summed E-state index contributed by atoms with van der Waals surface area (Å²) >= 11 is 6.79. The van der Waals surface area contributed by atoms with Gasteiger partial charge in [-0.15, -0.1) is 0 Å². The summed E-state index contributed by atoms with van der Waals surface area (Å²) in [5.41, 5.74) is 8.87. The Morgan fingerprint density at radius 2 is 1.25 bits per heavy atom. The molecule has 0 radical (unpaired) electrons. The molecule has 0 amide bonds. The van der Waals surface area contributed by atoms with Crippen LogP contribution in [-0.4, -0.2) is 75.2 Å². The van der Waals surface area contributed by atoms with E-state index in [4.69, 9.17) is 4.74 Å². The number of ether oxygens (including phenoxy) is 1. The molecule has 9 rings (SSSR count). The van der Waals surface area contributed by atoms with Crippen molar-refractivity contribution in [3.63, 3.8) is 0 Å². The van der Waals surface area contributed by atoms with Crippen molar-refractivity contribution in [3.05, 3.63) is 92.4 Å². The molecule has 0 atom stereocenters. The molecule has 290 valence electrons. The van der Waals surface area contributed by atoms with Gasteiger partial charge in [0.2, 0.25) is 0 Å². The smallest absolute Gasteiger partial charge is 0.179 e. The predicted octanol–water partition coefficient (Wildman–Crippen LogP) is 8.36. The normalized spacial score (nSPS) is 15.7. The lowest BCUT2D eigenvalue weighted by Crippen LogP contribution is -2.33. The number of aryl methyl sites for hydroxylation is 2. The molecule has 1 saturated heterocycles. The summed E-state index contributed by atoms with van der Waals surface area (Å²) in [5, 5.41) is 12.4. The van der Waals surface area contributed by atoms with Crippen molar-refractivity contribution in [2.75, 3.05) is 31.3 Å². The molecule has 5 heterocycles. The van der Waals surface area contributed by atoms with Gasteiger partial charge in [0, 0.05) is 53.8 Å². The third-order valence-corrected chi connectivity index (χ3v) is 12.4. The number of benzene rings is 2. The van der Waals surface area contributed by atoms with Crippen LogP contribution in [0.3, 0.4) is 0 Å². The van der Waals surface area contributed by atoms with Crippen molar-refractivity contribution in [1.29, 1.82) is 0 Å². The van der Waals surface area contributed by atoms with Gasteiger partial charge in [0.05, 0.1) is 42.7 Å². The lowest BCUT2D eigenvalue weighted by molar-refractivity contribution is -0.0248. The van der Waals surface area contributed by atoms with Crippen LogP contribution in [0.15, 0.2) is 75.0 Å². The summed E-state index contributed by atoms with van der Waals surface area (Å²) in [5.74, 6) is 2.12. The second-order valence-corrected chi connectivity index (χ2v) is 18.8. The SMILES string of the molecule is Cc1cc(-c2cnc3c(NCC4COC4)cc(Br)nn23)ccc1C(=O)CC1CC1.Cc1cc(-c2cnc3c(S(C)(=O)=O)cc(Br)nn23)ccc1C(=O)CC1CC1. The van der Waals surface area contributed by atoms with Gasteiger partial charge >= 0.3 is 0 Å². The first kappa shape index (κ1) is 38.6. The first-order valence-electron chi connectivity index (χ1n) is 18.7. The van der Waals surface area contributed by atoms with Crippen LogP contribution >= 0.6 is 31.9 Å². The van der Waals surface area contributed by atoms with Crippen molar-refractivity contribution in [2.45, 2.75) is 57.3 Å². The Kier molecular flexibility index (Phi) is 10.7. The third-order valence-electron chi connectivity index (χ3n) is 10.5. The van der Waals surface area contributed by atoms with Gasteiger partial charge in [0.1, 0.15) is 14.1 Å². The van der Waals surface area contributed by atoms with Gasteiger partial charge in [-0.3, -0.25) is 9.59 Å². The van der Waals surface area contributed by atoms with E-state index in [-0.39, 0.29) is 22.1 Å². The second-order valence-electron chi connectivity index (χ2n) is 15.2. The number of Topliss-reactive ketones (excluding diaryl/α,β-unsaturated/α-hetero) is 2. The largest absolute Gasteiger partial charge is 0.381 e. The molecule has 15 heteroatoms. The number of imidazole rings is 2. The fraction of sp³-hybridized carbons (Fsp3) is 0.366. The standard InChI is InChI=1S/C22H23BrN4O2.C19H18BrN3O3S/c1-13-6-16(4-5-17(13)20(28)7-14-2-3-14)19-10-25-22-18(8-21(23)26-27(19)22)24-9-15-11-29-12-15;1-11-7-13(5-6-14(11)16(24)8-12-3-4-12)15-10-21-19-17(27(2,25)26)9-18(20)22-23(15)19/h4-6,8,10,14-15,24H,2-3,7,9,11-12H2,1H3;5-7,9-10,12H,3-4,8H2,1-2H3. The van der Waals surface area contributed by atoms with Gasteiger partial charge in [-0.05, 0) is 119 Å². The lowest BCUT2D eigenvalue weighted by atomic mass is 9.98. The summed E-state index contributed by atoms with van der Waals surface area (Å²) in [6.45, 7) is 6.38. The number of nitrogens with one attached hydrogen (secondary N) is 1. The maximum atomic E-state index is 12.5. The van der Waals surface area contributed by atoms with Gasteiger partial charge in [-0.2, -0.15) is 10.2 Å². The zero-order valence-electron chi connectivity index (χ0n) is 31.3. The second kappa shape index (κ2) is 15.6. The molecule has 56 heavy (non-hydrogen) atoms. The Bertz CT molecular complexity index is 2630. The maximum absolute atomic E-state index is 12.5. The Hall–Kier alpha value is -4.31. The van der Waals surface area contributed by atoms with Crippen molar-refractivity contribution in [1.82, 2.24) is 29.2 Å². The van der Waals surface area contributed by atoms with Crippen LogP contribution in [0.25, 0.3) is 33.8 Å². The number of rotatable bonds is 12. The molecule has 2 saturated carbocycles. The number of ketones is 2. The highest BCUT2D eigenvalue weighted by Gasteiger charge is 2.27. The average molecular weight is 904 g/mol. The summed E-state index contributed by atoms with van der Waals surface area (Å²) in [7, 11) is -3.45. The van der Waals surface area contributed by atoms with E-state index in [0.717, 1.165) is 93.9 Å². The molecule has 3 fully saturated rings. The monoisotopic (exact) mass is 901 g/mol. The Morgan fingerprint density at radius 1 is 0.750 bits per heavy atom. The molecule has 4 aromatic heterocycles. The number of nitrogens with zero attached hydrogens (tertiary/aromatic N) is 6. The van der Waals surface area contributed by atoms with E-state index in [1.54, 1.807) is 6.20 Å². The zero-order valence-corrected chi connectivity index (χ0v) is 35.2. The van der Waals surface area contributed by atoms with Crippen LogP contribution in [0.5, 0.6) is 0 Å². The highest BCUT2D eigenvalue weighted by Crippen LogP contribution is 2.36. The number of anilines is 1. The lowest BCUT2D eigenvalue weighted by Gasteiger charge is -2.26. The number of halogens is 2. The van der Waals surface area contributed by atoms with Gasteiger partial charge in [-0.25, -0.2) is 27.4 Å². The number of hydrogen-bond donors (Lipinski definition) is 1. The Morgan fingerprint density at radius 3 is 1.71 bits per heavy atom. The van der Waals surface area contributed by atoms with E-state index in [1.807, 2.05) is 61.0 Å². The minimum atomic E-state index is -3.45. The molecule has 0 unspecified atom stereocenters. The van der Waals surface area contributed by atoms with Crippen molar-refractivity contribution >= 4 is 70.2 Å². The molecule has 6 aromatic rings. The third kappa shape index (κ3) is 8.36. The molecule has 0 spiro atoms. The van der Waals surface area contributed by atoms with E-state index >= 15 is 0 Å². The van der Waals surface area contributed by atoms with E-state index in [0.29, 0.717) is 40.9 Å². The Balaban J connectivity index is 0.000000158. The molecule has 2 aliphatic carbocycles. The fourth-order valence-corrected chi connectivity index (χ4v) is 8.69. The number of aromatic nitrogens is 6. The van der Waals surface area contributed by atoms with Crippen LogP contribution in [-0.2, 0) is 14.6 Å². The van der Waals surface area contributed by atoms with E-state index in [1.165, 1.54) is 23.4 Å². The highest BCUT2D eigenvalue weighted by atomic mass is 79.9. The molecule has 0 bridgehead atoms. The summed E-state index contributed by atoms with van der Waals surface area (Å²) < 4.78 is 33.9. The number of carbonyl (C=O) groups is 2. The summed E-state index contributed by atoms with van der Waals surface area (Å²) in [4.78, 5) is 33.9. The average Bonchev–Trinajstić information content (AvgIpc) is 4.04. The number of sulfone groups is 1. The predicted molar refractivity (Wildman–Crippen MR) is 221 cm³/mol. The molecular weight excluding hydrogens is 862 g/mol. The van der Waals surface area contributed by atoms with Gasteiger partial charge in [0.25, 0.3) is 0 Å². The van der Waals surface area contributed by atoms with Crippen molar-refractivity contribution in [2.24, 2.45) is 17.8 Å². The first-order chi connectivity index (χ1) is 26.8. The van der Waals surface area contributed by atoms with Crippen molar-refractivity contribution < 1.29 is 22.7 Å². The van der Waals surface area contributed by atoms with E-state index in [2.05, 4.69) is 63.4 Å². The topological polar surface area (TPSA) is 150 Å². The molecule has 2 aromatic carbocycles. The van der Waals surface area contributed by atoms with Crippen LogP contribution < -0.4 is 5.32 Å². The molecule has 3 aliphatic rings. The first-order valence-corrected chi connectivity index (χ1v) is 22.2. The summed E-state index contributed by atoms with van der Waals surface area (Å²) in [6, 6.07) is 15.0. The zero-order chi connectivity index (χ0) is 39.3. The Labute approximate surface area is 341 Å². The van der Waals surface area contributed by atoms with E-state index in [9.17, 15) is 18.0 Å². The van der Waals surface area contributed by atoms with E-state index < -0.39 is 9.84 Å². The molecule has 1 N–H and O–H groups in total. The number of carbonyl (C=O) groups excluding carboxylic acids is 2. The number of hydrogen-bond acceptors (Lipinski definition) is 10. The minimum absolute atomic E-state index is 0.114. The van der Waals surface area contributed by atoms with Crippen LogP contribution in [0.2, 0.25) is 0 Å².